The van der Waals surface area contributed by atoms with E-state index in [-0.39, 0.29) is 5.56 Å². The molecule has 6 heteroatoms. The lowest BCUT2D eigenvalue weighted by molar-refractivity contribution is -0.140. The number of rotatable bonds is 3. The van der Waals surface area contributed by atoms with E-state index in [1.165, 1.54) is 0 Å². The number of Topliss-reactive ketones (excluding diaryl/α,β-unsaturated/α-hetero) is 1. The van der Waals surface area contributed by atoms with Gasteiger partial charge < -0.3 is 5.11 Å². The molecule has 100 valence electrons. The third-order valence-corrected chi connectivity index (χ3v) is 2.46. The third-order valence-electron chi connectivity index (χ3n) is 2.46. The maximum atomic E-state index is 13.2. The molecule has 1 aromatic carbocycles. The van der Waals surface area contributed by atoms with E-state index in [2.05, 4.69) is 0 Å². The molecule has 0 saturated heterocycles. The first-order chi connectivity index (χ1) is 8.14. The Morgan fingerprint density at radius 3 is 2.22 bits per heavy atom. The summed E-state index contributed by atoms with van der Waals surface area (Å²) in [6.45, 7) is 3.14. The molecular formula is C12H12F4O2. The quantitative estimate of drug-likeness (QED) is 0.673. The maximum Gasteiger partial charge on any atom is 0.419 e. The third kappa shape index (κ3) is 3.07. The number of halogens is 4. The molecule has 0 bridgehead atoms. The molecule has 1 N–H and O–H groups in total. The molecule has 0 heterocycles. The van der Waals surface area contributed by atoms with Gasteiger partial charge in [-0.2, -0.15) is 13.2 Å². The van der Waals surface area contributed by atoms with Crippen LogP contribution in [0.2, 0.25) is 0 Å². The Bertz CT molecular complexity index is 452. The van der Waals surface area contributed by atoms with Crippen molar-refractivity contribution < 1.29 is 27.5 Å². The number of benzene rings is 1. The van der Waals surface area contributed by atoms with Crippen molar-refractivity contribution in [2.24, 2.45) is 5.92 Å². The highest BCUT2D eigenvalue weighted by Crippen LogP contribution is 2.31. The van der Waals surface area contributed by atoms with Gasteiger partial charge >= 0.3 is 6.18 Å². The predicted molar refractivity (Wildman–Crippen MR) is 56.6 cm³/mol. The summed E-state index contributed by atoms with van der Waals surface area (Å²) >= 11 is 0. The molecule has 0 spiro atoms. The van der Waals surface area contributed by atoms with Crippen LogP contribution in [0.1, 0.15) is 29.8 Å². The van der Waals surface area contributed by atoms with Crippen molar-refractivity contribution >= 4 is 5.78 Å². The fourth-order valence-corrected chi connectivity index (χ4v) is 1.37. The number of carbonyl (C=O) groups excluding carboxylic acids is 1. The predicted octanol–water partition coefficient (Wildman–Crippen LogP) is 3.04. The van der Waals surface area contributed by atoms with Crippen molar-refractivity contribution in [2.45, 2.75) is 26.1 Å². The Balaban J connectivity index is 3.09. The van der Waals surface area contributed by atoms with Crippen molar-refractivity contribution in [3.8, 4) is 0 Å². The van der Waals surface area contributed by atoms with Crippen molar-refractivity contribution in [1.82, 2.24) is 0 Å². The lowest BCUT2D eigenvalue weighted by Crippen LogP contribution is -2.26. The summed E-state index contributed by atoms with van der Waals surface area (Å²) in [6.07, 6.45) is -6.16. The maximum absolute atomic E-state index is 13.2. The molecule has 1 aromatic rings. The van der Waals surface area contributed by atoms with E-state index in [1.54, 1.807) is 13.8 Å². The van der Waals surface area contributed by atoms with Gasteiger partial charge in [-0.3, -0.25) is 4.79 Å². The van der Waals surface area contributed by atoms with Crippen molar-refractivity contribution in [3.63, 3.8) is 0 Å². The molecule has 18 heavy (non-hydrogen) atoms. The largest absolute Gasteiger partial charge is 0.419 e. The molecule has 1 rings (SSSR count). The average Bonchev–Trinajstić information content (AvgIpc) is 2.24. The van der Waals surface area contributed by atoms with Gasteiger partial charge in [0.1, 0.15) is 11.9 Å². The molecule has 0 amide bonds. The Morgan fingerprint density at radius 2 is 1.83 bits per heavy atom. The van der Waals surface area contributed by atoms with Crippen LogP contribution in [0, 0.1) is 11.7 Å². The molecule has 0 fully saturated rings. The first kappa shape index (κ1) is 14.6. The minimum atomic E-state index is -4.80. The second-order valence-corrected chi connectivity index (χ2v) is 4.25. The fourth-order valence-electron chi connectivity index (χ4n) is 1.37. The van der Waals surface area contributed by atoms with Crippen LogP contribution < -0.4 is 0 Å². The van der Waals surface area contributed by atoms with Gasteiger partial charge in [-0.1, -0.05) is 19.9 Å². The number of aliphatic hydroxyl groups excluding tert-OH is 1. The Labute approximate surface area is 101 Å². The average molecular weight is 264 g/mol. The normalized spacial score (nSPS) is 13.8. The lowest BCUT2D eigenvalue weighted by atomic mass is 9.97. The van der Waals surface area contributed by atoms with Gasteiger partial charge in [-0.25, -0.2) is 4.39 Å². The van der Waals surface area contributed by atoms with Gasteiger partial charge in [0.25, 0.3) is 0 Å². The van der Waals surface area contributed by atoms with Crippen LogP contribution in [0.15, 0.2) is 18.2 Å². The summed E-state index contributed by atoms with van der Waals surface area (Å²) in [7, 11) is 0. The lowest BCUT2D eigenvalue weighted by Gasteiger charge is -2.14. The zero-order valence-electron chi connectivity index (χ0n) is 9.75. The highest BCUT2D eigenvalue weighted by atomic mass is 19.4. The first-order valence-electron chi connectivity index (χ1n) is 5.23. The summed E-state index contributed by atoms with van der Waals surface area (Å²) in [5.41, 5.74) is -1.71. The van der Waals surface area contributed by atoms with E-state index < -0.39 is 35.4 Å². The number of ketones is 1. The van der Waals surface area contributed by atoms with E-state index in [4.69, 9.17) is 0 Å². The summed E-state index contributed by atoms with van der Waals surface area (Å²) in [4.78, 5) is 11.6. The van der Waals surface area contributed by atoms with E-state index >= 15 is 0 Å². The zero-order valence-corrected chi connectivity index (χ0v) is 9.75. The zero-order chi connectivity index (χ0) is 14.1. The van der Waals surface area contributed by atoms with Crippen molar-refractivity contribution in [3.05, 3.63) is 35.1 Å². The van der Waals surface area contributed by atoms with Gasteiger partial charge in [-0.05, 0) is 18.1 Å². The smallest absolute Gasteiger partial charge is 0.385 e. The Kier molecular flexibility index (Phi) is 4.11. The van der Waals surface area contributed by atoms with E-state index in [0.717, 1.165) is 6.07 Å². The SMILES string of the molecule is CC(C)C(O)C(=O)c1ccc(C(F)(F)F)c(F)c1. The first-order valence-corrected chi connectivity index (χ1v) is 5.23. The second kappa shape index (κ2) is 5.06. The molecule has 0 aromatic heterocycles. The summed E-state index contributed by atoms with van der Waals surface area (Å²) in [5, 5.41) is 9.47. The minimum Gasteiger partial charge on any atom is -0.385 e. The van der Waals surface area contributed by atoms with Crippen LogP contribution in [0.25, 0.3) is 0 Å². The van der Waals surface area contributed by atoms with Gasteiger partial charge in [0.15, 0.2) is 5.78 Å². The van der Waals surface area contributed by atoms with Gasteiger partial charge in [0.05, 0.1) is 5.56 Å². The van der Waals surface area contributed by atoms with Crippen molar-refractivity contribution in [2.75, 3.05) is 0 Å². The number of aliphatic hydroxyl groups is 1. The van der Waals surface area contributed by atoms with Gasteiger partial charge in [-0.15, -0.1) is 0 Å². The van der Waals surface area contributed by atoms with Gasteiger partial charge in [0.2, 0.25) is 0 Å². The molecule has 1 atom stereocenters. The molecule has 0 aliphatic heterocycles. The van der Waals surface area contributed by atoms with E-state index in [9.17, 15) is 27.5 Å². The highest BCUT2D eigenvalue weighted by Gasteiger charge is 2.34. The van der Waals surface area contributed by atoms with Crippen LogP contribution in [0.5, 0.6) is 0 Å². The molecule has 0 aliphatic rings. The topological polar surface area (TPSA) is 37.3 Å². The molecule has 2 nitrogen and oxygen atoms in total. The standard InChI is InChI=1S/C12H12F4O2/c1-6(2)10(17)11(18)7-3-4-8(9(13)5-7)12(14,15)16/h3-6,10,17H,1-2H3. The number of alkyl halides is 3. The van der Waals surface area contributed by atoms with Crippen LogP contribution in [0.4, 0.5) is 17.6 Å². The van der Waals surface area contributed by atoms with Crippen LogP contribution >= 0.6 is 0 Å². The van der Waals surface area contributed by atoms with Crippen molar-refractivity contribution in [1.29, 1.82) is 0 Å². The molecular weight excluding hydrogens is 252 g/mol. The van der Waals surface area contributed by atoms with Crippen LogP contribution in [-0.2, 0) is 6.18 Å². The van der Waals surface area contributed by atoms with E-state index in [0.29, 0.717) is 12.1 Å². The summed E-state index contributed by atoms with van der Waals surface area (Å²) < 4.78 is 50.1. The highest BCUT2D eigenvalue weighted by molar-refractivity contribution is 5.99. The number of hydrogen-bond acceptors (Lipinski definition) is 2. The minimum absolute atomic E-state index is 0.276. The number of carbonyl (C=O) groups is 1. The Morgan fingerprint density at radius 1 is 1.28 bits per heavy atom. The fraction of sp³-hybridized carbons (Fsp3) is 0.417. The van der Waals surface area contributed by atoms with E-state index in [1.807, 2.05) is 0 Å². The molecule has 0 aliphatic carbocycles. The monoisotopic (exact) mass is 264 g/mol. The Hall–Kier alpha value is -1.43. The van der Waals surface area contributed by atoms with Crippen LogP contribution in [0.3, 0.4) is 0 Å². The second-order valence-electron chi connectivity index (χ2n) is 4.25. The molecule has 0 saturated carbocycles. The van der Waals surface area contributed by atoms with Gasteiger partial charge in [0, 0.05) is 5.56 Å². The summed E-state index contributed by atoms with van der Waals surface area (Å²) in [6, 6.07) is 1.85. The molecule has 1 unspecified atom stereocenters. The summed E-state index contributed by atoms with van der Waals surface area (Å²) in [5.74, 6) is -2.72. The van der Waals surface area contributed by atoms with Crippen LogP contribution in [-0.4, -0.2) is 17.0 Å². The number of hydrogen-bond donors (Lipinski definition) is 1. The molecule has 0 radical (unpaired) electrons.